The number of carbonyl (C=O) groups excluding carboxylic acids is 2. The van der Waals surface area contributed by atoms with Crippen LogP contribution in [0.4, 0.5) is 15.6 Å². The highest BCUT2D eigenvalue weighted by Crippen LogP contribution is 2.25. The predicted molar refractivity (Wildman–Crippen MR) is 140 cm³/mol. The number of unbranched alkanes of at least 4 members (excludes halogenated alkanes) is 1. The number of hydrogen-bond donors (Lipinski definition) is 3. The number of imide groups is 1. The molecule has 4 N–H and O–H groups in total. The summed E-state index contributed by atoms with van der Waals surface area (Å²) in [7, 11) is 0. The Bertz CT molecular complexity index is 1160. The number of guanidine groups is 1. The quantitative estimate of drug-likeness (QED) is 0.361. The van der Waals surface area contributed by atoms with Crippen LogP contribution in [0.1, 0.15) is 31.7 Å². The second kappa shape index (κ2) is 11.8. The number of fused-ring (bicyclic) bond motifs is 1. The number of benzene rings is 2. The molecule has 3 aromatic rings. The van der Waals surface area contributed by atoms with Crippen LogP contribution >= 0.6 is 11.3 Å². The van der Waals surface area contributed by atoms with Crippen molar-refractivity contribution in [3.05, 3.63) is 54.1 Å². The summed E-state index contributed by atoms with van der Waals surface area (Å²) in [6, 6.07) is 15.3. The van der Waals surface area contributed by atoms with Gasteiger partial charge in [0.2, 0.25) is 5.96 Å². The average molecular weight is 495 g/mol. The van der Waals surface area contributed by atoms with E-state index in [9.17, 15) is 9.59 Å². The SMILES string of the molecule is CCOC(=O)N1C(=O)[C@H](CCCCN)N=C1Nc1ccc(CCNc2nc3ccccc3s2)cc1. The standard InChI is InChI=1S/C25H30N6O3S/c1-2-34-25(33)31-22(32)20(8-5-6-15-26)29-23(31)28-18-12-10-17(11-13-18)14-16-27-24-30-19-7-3-4-9-21(19)35-24/h3-4,7,9-13,20H,2,5-6,8,14-16,26H2,1H3,(H,27,30)(H,28,29)/t20-/m0/s1. The van der Waals surface area contributed by atoms with E-state index in [2.05, 4.69) is 26.7 Å². The lowest BCUT2D eigenvalue weighted by molar-refractivity contribution is -0.126. The van der Waals surface area contributed by atoms with E-state index >= 15 is 0 Å². The van der Waals surface area contributed by atoms with E-state index in [1.54, 1.807) is 18.3 Å². The summed E-state index contributed by atoms with van der Waals surface area (Å²) in [6.45, 7) is 3.19. The number of hydrogen-bond acceptors (Lipinski definition) is 9. The van der Waals surface area contributed by atoms with E-state index in [1.165, 1.54) is 0 Å². The van der Waals surface area contributed by atoms with Gasteiger partial charge in [-0.05, 0) is 69.0 Å². The van der Waals surface area contributed by atoms with Crippen LogP contribution in [0, 0.1) is 0 Å². The lowest BCUT2D eigenvalue weighted by Gasteiger charge is -2.17. The Kier molecular flexibility index (Phi) is 8.27. The van der Waals surface area contributed by atoms with Gasteiger partial charge in [0, 0.05) is 12.2 Å². The minimum atomic E-state index is -0.720. The van der Waals surface area contributed by atoms with E-state index < -0.39 is 12.1 Å². The number of ether oxygens (including phenoxy) is 1. The van der Waals surface area contributed by atoms with Gasteiger partial charge in [-0.15, -0.1) is 0 Å². The van der Waals surface area contributed by atoms with Gasteiger partial charge in [-0.1, -0.05) is 35.6 Å². The van der Waals surface area contributed by atoms with Gasteiger partial charge in [0.15, 0.2) is 5.13 Å². The third-order valence-electron chi connectivity index (χ3n) is 5.57. The largest absolute Gasteiger partial charge is 0.449 e. The fourth-order valence-corrected chi connectivity index (χ4v) is 4.67. The molecule has 1 aliphatic rings. The van der Waals surface area contributed by atoms with E-state index in [0.717, 1.165) is 57.3 Å². The van der Waals surface area contributed by atoms with E-state index in [1.807, 2.05) is 42.5 Å². The van der Waals surface area contributed by atoms with Crippen LogP contribution in [0.3, 0.4) is 0 Å². The third-order valence-corrected chi connectivity index (χ3v) is 6.57. The van der Waals surface area contributed by atoms with Gasteiger partial charge < -0.3 is 21.1 Å². The molecule has 2 heterocycles. The summed E-state index contributed by atoms with van der Waals surface area (Å²) in [5, 5.41) is 7.41. The molecule has 0 saturated heterocycles. The highest BCUT2D eigenvalue weighted by atomic mass is 32.1. The third kappa shape index (κ3) is 6.14. The molecule has 184 valence electrons. The van der Waals surface area contributed by atoms with Gasteiger partial charge in [-0.25, -0.2) is 14.8 Å². The maximum absolute atomic E-state index is 12.8. The lowest BCUT2D eigenvalue weighted by Crippen LogP contribution is -2.43. The predicted octanol–water partition coefficient (Wildman–Crippen LogP) is 4.22. The highest BCUT2D eigenvalue weighted by Gasteiger charge is 2.39. The number of thiazole rings is 1. The minimum Gasteiger partial charge on any atom is -0.449 e. The van der Waals surface area contributed by atoms with Crippen LogP contribution < -0.4 is 16.4 Å². The van der Waals surface area contributed by atoms with E-state index in [4.69, 9.17) is 10.5 Å². The Hall–Kier alpha value is -3.50. The summed E-state index contributed by atoms with van der Waals surface area (Å²) in [5.41, 5.74) is 8.44. The van der Waals surface area contributed by atoms with E-state index in [0.29, 0.717) is 13.0 Å². The van der Waals surface area contributed by atoms with Gasteiger partial charge in [0.05, 0.1) is 16.8 Å². The molecule has 0 fully saturated rings. The van der Waals surface area contributed by atoms with Crippen LogP contribution in [0.15, 0.2) is 53.5 Å². The van der Waals surface area contributed by atoms with Gasteiger partial charge in [-0.3, -0.25) is 4.79 Å². The zero-order valence-corrected chi connectivity index (χ0v) is 20.5. The van der Waals surface area contributed by atoms with Crippen molar-refractivity contribution in [1.82, 2.24) is 9.88 Å². The van der Waals surface area contributed by atoms with Crippen molar-refractivity contribution in [2.24, 2.45) is 10.7 Å². The number of nitrogens with two attached hydrogens (primary N) is 1. The molecule has 9 nitrogen and oxygen atoms in total. The molecule has 35 heavy (non-hydrogen) atoms. The summed E-state index contributed by atoms with van der Waals surface area (Å²) in [5.74, 6) is -0.183. The molecule has 1 aromatic heterocycles. The van der Waals surface area contributed by atoms with Gasteiger partial charge in [0.25, 0.3) is 5.91 Å². The van der Waals surface area contributed by atoms with Crippen molar-refractivity contribution >= 4 is 50.3 Å². The van der Waals surface area contributed by atoms with E-state index in [-0.39, 0.29) is 18.5 Å². The molecule has 1 aliphatic heterocycles. The van der Waals surface area contributed by atoms with Crippen LogP contribution in [-0.2, 0) is 16.0 Å². The molecule has 0 unspecified atom stereocenters. The Labute approximate surface area is 208 Å². The number of aliphatic imine (C=N–C) groups is 1. The molecule has 0 radical (unpaired) electrons. The smallest absolute Gasteiger partial charge is 0.423 e. The second-order valence-corrected chi connectivity index (χ2v) is 9.14. The van der Waals surface area contributed by atoms with Crippen molar-refractivity contribution in [3.63, 3.8) is 0 Å². The maximum Gasteiger partial charge on any atom is 0.423 e. The van der Waals surface area contributed by atoms with Gasteiger partial charge in [0.1, 0.15) is 6.04 Å². The molecule has 0 spiro atoms. The fourth-order valence-electron chi connectivity index (χ4n) is 3.78. The first-order valence-electron chi connectivity index (χ1n) is 11.8. The number of aromatic nitrogens is 1. The highest BCUT2D eigenvalue weighted by molar-refractivity contribution is 7.22. The minimum absolute atomic E-state index is 0.174. The molecular formula is C25H30N6O3S. The zero-order valence-electron chi connectivity index (χ0n) is 19.7. The summed E-state index contributed by atoms with van der Waals surface area (Å²) in [4.78, 5) is 35.3. The molecule has 2 aromatic carbocycles. The van der Waals surface area contributed by atoms with Crippen molar-refractivity contribution in [2.45, 2.75) is 38.6 Å². The summed E-state index contributed by atoms with van der Waals surface area (Å²) < 4.78 is 6.24. The first kappa shape index (κ1) is 24.6. The second-order valence-electron chi connectivity index (χ2n) is 8.11. The number of amides is 2. The molecule has 0 bridgehead atoms. The number of anilines is 2. The molecule has 4 rings (SSSR count). The average Bonchev–Trinajstić information content (AvgIpc) is 3.40. The van der Waals surface area contributed by atoms with Crippen LogP contribution in [0.25, 0.3) is 10.2 Å². The lowest BCUT2D eigenvalue weighted by atomic mass is 10.1. The molecule has 1 atom stereocenters. The van der Waals surface area contributed by atoms with Crippen LogP contribution in [-0.4, -0.2) is 53.6 Å². The van der Waals surface area contributed by atoms with Gasteiger partial charge >= 0.3 is 6.09 Å². The number of para-hydroxylation sites is 1. The Morgan fingerprint density at radius 2 is 1.97 bits per heavy atom. The van der Waals surface area contributed by atoms with Crippen molar-refractivity contribution < 1.29 is 14.3 Å². The molecule has 2 amide bonds. The Morgan fingerprint density at radius 1 is 1.17 bits per heavy atom. The van der Waals surface area contributed by atoms with Crippen LogP contribution in [0.5, 0.6) is 0 Å². The first-order chi connectivity index (χ1) is 17.1. The number of nitrogens with zero attached hydrogens (tertiary/aromatic N) is 3. The fraction of sp³-hybridized carbons (Fsp3) is 0.360. The normalized spacial score (nSPS) is 15.4. The molecule has 10 heteroatoms. The first-order valence-corrected chi connectivity index (χ1v) is 12.6. The van der Waals surface area contributed by atoms with Crippen molar-refractivity contribution in [1.29, 1.82) is 0 Å². The Morgan fingerprint density at radius 3 is 2.71 bits per heavy atom. The Balaban J connectivity index is 1.35. The zero-order chi connectivity index (χ0) is 24.6. The topological polar surface area (TPSA) is 122 Å². The monoisotopic (exact) mass is 494 g/mol. The summed E-state index contributed by atoms with van der Waals surface area (Å²) >= 11 is 1.64. The number of nitrogens with one attached hydrogen (secondary N) is 2. The van der Waals surface area contributed by atoms with Crippen LogP contribution in [0.2, 0.25) is 0 Å². The van der Waals surface area contributed by atoms with Crippen molar-refractivity contribution in [3.8, 4) is 0 Å². The van der Waals surface area contributed by atoms with Gasteiger partial charge in [-0.2, -0.15) is 4.90 Å². The molecule has 0 saturated carbocycles. The van der Waals surface area contributed by atoms with Crippen molar-refractivity contribution in [2.75, 3.05) is 30.3 Å². The molecule has 0 aliphatic carbocycles. The maximum atomic E-state index is 12.8. The molecular weight excluding hydrogens is 464 g/mol. The number of carbonyl (C=O) groups is 2. The number of rotatable bonds is 10. The summed E-state index contributed by atoms with van der Waals surface area (Å²) in [6.07, 6.45) is 2.21.